The average molecular weight is 531 g/mol. The second kappa shape index (κ2) is 12.6. The van der Waals surface area contributed by atoms with E-state index in [1.54, 1.807) is 11.1 Å². The molecule has 3 aromatic rings. The van der Waals surface area contributed by atoms with E-state index in [-0.39, 0.29) is 51.0 Å². The topological polar surface area (TPSA) is 0 Å². The molecule has 0 amide bonds. The van der Waals surface area contributed by atoms with Crippen LogP contribution in [-0.2, 0) is 45.5 Å². The molecule has 0 atom stereocenters. The maximum atomic E-state index is 3.75. The predicted molar refractivity (Wildman–Crippen MR) is 105 cm³/mol. The Kier molecular flexibility index (Phi) is 12.6. The summed E-state index contributed by atoms with van der Waals surface area (Å²) in [5, 5.41) is 2.79. The molecular weight excluding hydrogens is 506 g/mol. The number of hydrogen-bond donors (Lipinski definition) is 0. The Morgan fingerprint density at radius 3 is 2.46 bits per heavy atom. The number of halogens is 3. The molecule has 0 radical (unpaired) electrons. The van der Waals surface area contributed by atoms with E-state index in [1.807, 2.05) is 0 Å². The van der Waals surface area contributed by atoms with E-state index in [2.05, 4.69) is 72.2 Å². The first kappa shape index (κ1) is 26.1. The van der Waals surface area contributed by atoms with E-state index in [0.717, 1.165) is 0 Å². The Hall–Kier alpha value is 0.123. The second-order valence-electron chi connectivity index (χ2n) is 6.61. The van der Waals surface area contributed by atoms with Gasteiger partial charge in [0.2, 0.25) is 0 Å². The van der Waals surface area contributed by atoms with Crippen molar-refractivity contribution in [3.8, 4) is 0 Å². The van der Waals surface area contributed by atoms with Crippen molar-refractivity contribution in [1.29, 1.82) is 0 Å². The molecule has 0 aromatic heterocycles. The molecule has 0 bridgehead atoms. The number of aryl methyl sites for hydroxylation is 3. The van der Waals surface area contributed by atoms with Gasteiger partial charge in [-0.2, -0.15) is 23.8 Å². The molecule has 3 aromatic carbocycles. The fourth-order valence-electron chi connectivity index (χ4n) is 3.47. The Bertz CT molecular complexity index is 775. The molecule has 0 aliphatic heterocycles. The molecular formula is C22H25BrCl2Zr. The van der Waals surface area contributed by atoms with Crippen molar-refractivity contribution in [1.82, 2.24) is 0 Å². The van der Waals surface area contributed by atoms with Crippen LogP contribution in [0, 0.1) is 6.92 Å². The van der Waals surface area contributed by atoms with Gasteiger partial charge in [0, 0.05) is 0 Å². The summed E-state index contributed by atoms with van der Waals surface area (Å²) < 4.78 is 1.34. The Balaban J connectivity index is 0.000000466. The van der Waals surface area contributed by atoms with Crippen LogP contribution in [0.1, 0.15) is 48.4 Å². The van der Waals surface area contributed by atoms with Gasteiger partial charge >= 0.3 is 26.2 Å². The van der Waals surface area contributed by atoms with E-state index in [1.165, 1.54) is 64.9 Å². The van der Waals surface area contributed by atoms with Crippen molar-refractivity contribution < 1.29 is 51.0 Å². The van der Waals surface area contributed by atoms with Crippen molar-refractivity contribution >= 4 is 26.7 Å². The molecule has 4 rings (SSSR count). The Morgan fingerprint density at radius 1 is 1.12 bits per heavy atom. The summed E-state index contributed by atoms with van der Waals surface area (Å²) in [6.07, 6.45) is 7.70. The summed E-state index contributed by atoms with van der Waals surface area (Å²) in [5.41, 5.74) is 5.94. The standard InChI is InChI=1S/C13H12Br.C9H13.2ClH.Zr/c1-8-5-10-7-9-3-2-4-11(9)13(14)12(10)6-8;1-2-3-6-9-7-4-5-8-9;;;/h5-7H,2-4H2,1H3;4-5,7-8H,2-3,6H2,1H3;2*1H;/q2*-1;;;+4/p-2. The van der Waals surface area contributed by atoms with Crippen molar-refractivity contribution in [3.63, 3.8) is 0 Å². The molecule has 0 heterocycles. The molecule has 0 nitrogen and oxygen atoms in total. The first-order valence-corrected chi connectivity index (χ1v) is 9.56. The van der Waals surface area contributed by atoms with Crippen LogP contribution in [0.5, 0.6) is 0 Å². The van der Waals surface area contributed by atoms with Gasteiger partial charge in [-0.25, -0.2) is 12.1 Å². The molecule has 1 aliphatic carbocycles. The third-order valence-electron chi connectivity index (χ3n) is 4.71. The van der Waals surface area contributed by atoms with Crippen LogP contribution >= 0.6 is 15.9 Å². The largest absolute Gasteiger partial charge is 4.00 e. The molecule has 138 valence electrons. The zero-order chi connectivity index (χ0) is 16.2. The van der Waals surface area contributed by atoms with Gasteiger partial charge in [-0.3, -0.25) is 0 Å². The minimum Gasteiger partial charge on any atom is -1.00 e. The van der Waals surface area contributed by atoms with Crippen molar-refractivity contribution in [2.75, 3.05) is 0 Å². The van der Waals surface area contributed by atoms with Crippen LogP contribution in [0.3, 0.4) is 0 Å². The summed E-state index contributed by atoms with van der Waals surface area (Å²) in [4.78, 5) is 0. The summed E-state index contributed by atoms with van der Waals surface area (Å²) in [6.45, 7) is 4.39. The number of unbranched alkanes of at least 4 members (excludes halogenated alkanes) is 1. The first-order chi connectivity index (χ1) is 11.2. The van der Waals surface area contributed by atoms with E-state index < -0.39 is 0 Å². The van der Waals surface area contributed by atoms with E-state index in [4.69, 9.17) is 0 Å². The molecule has 0 fully saturated rings. The summed E-state index contributed by atoms with van der Waals surface area (Å²) in [6, 6.07) is 15.5. The van der Waals surface area contributed by atoms with Crippen molar-refractivity contribution in [2.24, 2.45) is 0 Å². The van der Waals surface area contributed by atoms with Gasteiger partial charge in [0.05, 0.1) is 0 Å². The van der Waals surface area contributed by atoms with Crippen LogP contribution in [0.4, 0.5) is 0 Å². The number of rotatable bonds is 3. The minimum atomic E-state index is 0. The molecule has 0 unspecified atom stereocenters. The van der Waals surface area contributed by atoms with E-state index in [0.29, 0.717) is 0 Å². The molecule has 0 saturated carbocycles. The molecule has 0 saturated heterocycles. The van der Waals surface area contributed by atoms with Crippen LogP contribution in [0.25, 0.3) is 10.8 Å². The number of fused-ring (bicyclic) bond motifs is 2. The van der Waals surface area contributed by atoms with Gasteiger partial charge in [0.15, 0.2) is 0 Å². The number of hydrogen-bond acceptors (Lipinski definition) is 0. The van der Waals surface area contributed by atoms with Crippen LogP contribution in [0.15, 0.2) is 46.9 Å². The van der Waals surface area contributed by atoms with Crippen LogP contribution < -0.4 is 24.8 Å². The Morgan fingerprint density at radius 2 is 1.81 bits per heavy atom. The summed E-state index contributed by atoms with van der Waals surface area (Å²) in [7, 11) is 0. The van der Waals surface area contributed by atoms with Crippen LogP contribution in [0.2, 0.25) is 0 Å². The second-order valence-corrected chi connectivity index (χ2v) is 7.41. The monoisotopic (exact) mass is 528 g/mol. The molecule has 1 aliphatic rings. The molecule has 26 heavy (non-hydrogen) atoms. The SMILES string of the molecule is CCCC[c-]1cccc1.Cc1cc2c(Br)c3c(cc2[cH-]1)CCC3.[Cl-].[Cl-].[Zr+4]. The van der Waals surface area contributed by atoms with Crippen LogP contribution in [-0.4, -0.2) is 0 Å². The predicted octanol–water partition coefficient (Wildman–Crippen LogP) is 0.872. The van der Waals surface area contributed by atoms with Crippen molar-refractivity contribution in [2.45, 2.75) is 52.4 Å². The third-order valence-corrected chi connectivity index (χ3v) is 5.61. The number of benzene rings is 1. The Labute approximate surface area is 197 Å². The van der Waals surface area contributed by atoms with Gasteiger partial charge in [-0.1, -0.05) is 54.6 Å². The van der Waals surface area contributed by atoms with E-state index in [9.17, 15) is 0 Å². The zero-order valence-corrected chi connectivity index (χ0v) is 21.0. The third kappa shape index (κ3) is 6.33. The molecule has 0 N–H and O–H groups in total. The van der Waals surface area contributed by atoms with Crippen molar-refractivity contribution in [3.05, 3.63) is 69.2 Å². The van der Waals surface area contributed by atoms with Gasteiger partial charge in [-0.15, -0.1) is 28.5 Å². The fourth-order valence-corrected chi connectivity index (χ4v) is 4.27. The van der Waals surface area contributed by atoms with Gasteiger partial charge in [0.1, 0.15) is 0 Å². The maximum Gasteiger partial charge on any atom is 4.00 e. The summed E-state index contributed by atoms with van der Waals surface area (Å²) in [5.74, 6) is 0. The molecule has 0 spiro atoms. The van der Waals surface area contributed by atoms with Gasteiger partial charge in [0.25, 0.3) is 0 Å². The zero-order valence-electron chi connectivity index (χ0n) is 15.4. The fraction of sp³-hybridized carbons (Fsp3) is 0.364. The minimum absolute atomic E-state index is 0. The average Bonchev–Trinajstić information content (AvgIpc) is 3.26. The smallest absolute Gasteiger partial charge is 1.00 e. The normalized spacial score (nSPS) is 11.5. The van der Waals surface area contributed by atoms with E-state index >= 15 is 0 Å². The maximum absolute atomic E-state index is 3.75. The first-order valence-electron chi connectivity index (χ1n) is 8.77. The summed E-state index contributed by atoms with van der Waals surface area (Å²) >= 11 is 3.75. The van der Waals surface area contributed by atoms with Gasteiger partial charge in [-0.05, 0) is 29.3 Å². The molecule has 4 heteroatoms. The quantitative estimate of drug-likeness (QED) is 0.441. The van der Waals surface area contributed by atoms with Gasteiger partial charge < -0.3 is 24.8 Å².